The number of imidazole rings is 1. The Labute approximate surface area is 95.1 Å². The highest BCUT2D eigenvalue weighted by molar-refractivity contribution is 7.94. The summed E-state index contributed by atoms with van der Waals surface area (Å²) in [5.74, 6) is 1.15. The quantitative estimate of drug-likeness (QED) is 0.811. The Hall–Kier alpha value is -1.14. The van der Waals surface area contributed by atoms with Gasteiger partial charge >= 0.3 is 0 Å². The molecule has 2 rings (SSSR count). The van der Waals surface area contributed by atoms with Gasteiger partial charge in [-0.2, -0.15) is 0 Å². The zero-order valence-electron chi connectivity index (χ0n) is 9.13. The van der Waals surface area contributed by atoms with E-state index in [0.717, 1.165) is 18.9 Å². The van der Waals surface area contributed by atoms with E-state index in [1.54, 1.807) is 12.3 Å². The third-order valence-electron chi connectivity index (χ3n) is 2.61. The van der Waals surface area contributed by atoms with Gasteiger partial charge in [0.2, 0.25) is 0 Å². The van der Waals surface area contributed by atoms with Gasteiger partial charge in [-0.1, -0.05) is 6.08 Å². The third-order valence-corrected chi connectivity index (χ3v) is 4.01. The van der Waals surface area contributed by atoms with Gasteiger partial charge in [0, 0.05) is 36.9 Å². The topological polar surface area (TPSA) is 64.0 Å². The Morgan fingerprint density at radius 2 is 2.44 bits per heavy atom. The van der Waals surface area contributed by atoms with E-state index < -0.39 is 9.84 Å². The number of aromatic nitrogens is 2. The van der Waals surface area contributed by atoms with Crippen molar-refractivity contribution in [1.82, 2.24) is 14.9 Å². The lowest BCUT2D eigenvalue weighted by Gasteiger charge is -2.10. The predicted octanol–water partition coefficient (Wildman–Crippen LogP) is 0.0918. The average Bonchev–Trinajstić information content (AvgIpc) is 2.74. The first-order valence-corrected chi connectivity index (χ1v) is 6.90. The van der Waals surface area contributed by atoms with Crippen LogP contribution in [0.3, 0.4) is 0 Å². The number of nitrogens with one attached hydrogen (secondary N) is 1. The molecule has 0 aromatic carbocycles. The zero-order valence-corrected chi connectivity index (χ0v) is 9.94. The van der Waals surface area contributed by atoms with E-state index in [0.29, 0.717) is 0 Å². The lowest BCUT2D eigenvalue weighted by Crippen LogP contribution is -2.32. The fourth-order valence-electron chi connectivity index (χ4n) is 1.71. The molecule has 16 heavy (non-hydrogen) atoms. The minimum atomic E-state index is -2.95. The molecule has 1 aromatic heterocycles. The molecule has 1 N–H and O–H groups in total. The van der Waals surface area contributed by atoms with E-state index in [-0.39, 0.29) is 11.8 Å². The van der Waals surface area contributed by atoms with Crippen LogP contribution in [0.25, 0.3) is 0 Å². The molecule has 1 aliphatic rings. The van der Waals surface area contributed by atoms with E-state index in [1.165, 1.54) is 5.41 Å². The molecule has 0 bridgehead atoms. The van der Waals surface area contributed by atoms with Crippen molar-refractivity contribution in [1.29, 1.82) is 0 Å². The van der Waals surface area contributed by atoms with Gasteiger partial charge in [-0.15, -0.1) is 0 Å². The van der Waals surface area contributed by atoms with Crippen molar-refractivity contribution in [2.24, 2.45) is 0 Å². The van der Waals surface area contributed by atoms with Gasteiger partial charge in [-0.3, -0.25) is 0 Å². The van der Waals surface area contributed by atoms with Crippen LogP contribution in [0, 0.1) is 6.92 Å². The molecule has 0 saturated carbocycles. The molecular formula is C10H15N3O2S. The van der Waals surface area contributed by atoms with Crippen molar-refractivity contribution in [2.75, 3.05) is 12.3 Å². The Kier molecular flexibility index (Phi) is 3.11. The van der Waals surface area contributed by atoms with Crippen molar-refractivity contribution in [3.8, 4) is 0 Å². The van der Waals surface area contributed by atoms with Crippen molar-refractivity contribution in [3.63, 3.8) is 0 Å². The maximum Gasteiger partial charge on any atom is 0.173 e. The van der Waals surface area contributed by atoms with E-state index in [4.69, 9.17) is 0 Å². The summed E-state index contributed by atoms with van der Waals surface area (Å²) in [6, 6.07) is -0.0474. The zero-order chi connectivity index (χ0) is 11.6. The molecule has 0 spiro atoms. The lowest BCUT2D eigenvalue weighted by molar-refractivity contribution is 0.556. The van der Waals surface area contributed by atoms with Crippen molar-refractivity contribution in [3.05, 3.63) is 29.7 Å². The van der Waals surface area contributed by atoms with E-state index in [9.17, 15) is 8.42 Å². The summed E-state index contributed by atoms with van der Waals surface area (Å²) >= 11 is 0. The van der Waals surface area contributed by atoms with Crippen LogP contribution in [0.2, 0.25) is 0 Å². The lowest BCUT2D eigenvalue weighted by atomic mass is 10.3. The SMILES string of the molecule is Cc1nccn1CCNC1C=CS(=O)(=O)C1. The molecule has 1 unspecified atom stereocenters. The second kappa shape index (κ2) is 4.39. The predicted molar refractivity (Wildman–Crippen MR) is 61.7 cm³/mol. The fourth-order valence-corrected chi connectivity index (χ4v) is 2.98. The number of rotatable bonds is 4. The van der Waals surface area contributed by atoms with Crippen LogP contribution in [0.4, 0.5) is 0 Å². The number of hydrogen-bond acceptors (Lipinski definition) is 4. The number of nitrogens with zero attached hydrogens (tertiary/aromatic N) is 2. The van der Waals surface area contributed by atoms with Gasteiger partial charge in [-0.25, -0.2) is 13.4 Å². The van der Waals surface area contributed by atoms with Crippen molar-refractivity contribution < 1.29 is 8.42 Å². The molecule has 0 radical (unpaired) electrons. The van der Waals surface area contributed by atoms with E-state index in [2.05, 4.69) is 10.3 Å². The standard InChI is InChI=1S/C10H15N3O2S/c1-9-11-3-5-13(9)6-4-12-10-2-7-16(14,15)8-10/h2-3,5,7,10,12H,4,6,8H2,1H3. The Morgan fingerprint density at radius 3 is 3.00 bits per heavy atom. The average molecular weight is 241 g/mol. The first-order valence-electron chi connectivity index (χ1n) is 5.19. The van der Waals surface area contributed by atoms with Gasteiger partial charge in [0.15, 0.2) is 9.84 Å². The summed E-state index contributed by atoms with van der Waals surface area (Å²) < 4.78 is 24.3. The molecule has 6 heteroatoms. The molecule has 0 amide bonds. The Morgan fingerprint density at radius 1 is 1.62 bits per heavy atom. The largest absolute Gasteiger partial charge is 0.334 e. The normalized spacial score (nSPS) is 22.7. The second-order valence-corrected chi connectivity index (χ2v) is 5.82. The van der Waals surface area contributed by atoms with E-state index in [1.807, 2.05) is 17.7 Å². The molecule has 2 heterocycles. The molecule has 0 aliphatic carbocycles. The van der Waals surface area contributed by atoms with Gasteiger partial charge in [0.1, 0.15) is 5.82 Å². The number of sulfone groups is 1. The molecule has 1 atom stereocenters. The molecular weight excluding hydrogens is 226 g/mol. The van der Waals surface area contributed by atoms with Crippen LogP contribution < -0.4 is 5.32 Å². The minimum Gasteiger partial charge on any atom is -0.334 e. The van der Waals surface area contributed by atoms with Gasteiger partial charge in [0.05, 0.1) is 5.75 Å². The van der Waals surface area contributed by atoms with Crippen molar-refractivity contribution in [2.45, 2.75) is 19.5 Å². The van der Waals surface area contributed by atoms with Crippen LogP contribution in [0.1, 0.15) is 5.82 Å². The molecule has 0 saturated heterocycles. The van der Waals surface area contributed by atoms with Crippen LogP contribution >= 0.6 is 0 Å². The summed E-state index contributed by atoms with van der Waals surface area (Å²) in [5, 5.41) is 4.47. The highest BCUT2D eigenvalue weighted by atomic mass is 32.2. The molecule has 88 valence electrons. The Bertz CT molecular complexity index is 490. The van der Waals surface area contributed by atoms with Crippen molar-refractivity contribution >= 4 is 9.84 Å². The monoisotopic (exact) mass is 241 g/mol. The first-order chi connectivity index (χ1) is 7.57. The van der Waals surface area contributed by atoms with Crippen LogP contribution in [-0.4, -0.2) is 36.3 Å². The van der Waals surface area contributed by atoms with Gasteiger partial charge in [-0.05, 0) is 6.92 Å². The fraction of sp³-hybridized carbons (Fsp3) is 0.500. The first kappa shape index (κ1) is 11.3. The summed E-state index contributed by atoms with van der Waals surface area (Å²) in [7, 11) is -2.95. The summed E-state index contributed by atoms with van der Waals surface area (Å²) in [6.45, 7) is 3.48. The highest BCUT2D eigenvalue weighted by Gasteiger charge is 2.20. The smallest absolute Gasteiger partial charge is 0.173 e. The summed E-state index contributed by atoms with van der Waals surface area (Å²) in [5.41, 5.74) is 0. The maximum absolute atomic E-state index is 11.1. The summed E-state index contributed by atoms with van der Waals surface area (Å²) in [6.07, 6.45) is 5.38. The van der Waals surface area contributed by atoms with E-state index >= 15 is 0 Å². The maximum atomic E-state index is 11.1. The third kappa shape index (κ3) is 2.70. The van der Waals surface area contributed by atoms with Crippen LogP contribution in [0.15, 0.2) is 23.9 Å². The van der Waals surface area contributed by atoms with Crippen LogP contribution in [-0.2, 0) is 16.4 Å². The number of hydrogen-bond donors (Lipinski definition) is 1. The highest BCUT2D eigenvalue weighted by Crippen LogP contribution is 2.07. The molecule has 0 fully saturated rings. The van der Waals surface area contributed by atoms with Gasteiger partial charge in [0.25, 0.3) is 0 Å². The minimum absolute atomic E-state index is 0.0474. The van der Waals surface area contributed by atoms with Crippen LogP contribution in [0.5, 0.6) is 0 Å². The second-order valence-electron chi connectivity index (χ2n) is 3.89. The molecule has 1 aliphatic heterocycles. The van der Waals surface area contributed by atoms with Gasteiger partial charge < -0.3 is 9.88 Å². The molecule has 5 nitrogen and oxygen atoms in total. The Balaban J connectivity index is 1.78. The molecule has 1 aromatic rings. The number of aryl methyl sites for hydroxylation is 1. The summed E-state index contributed by atoms with van der Waals surface area (Å²) in [4.78, 5) is 4.12.